The number of fused-ring (bicyclic) bond motifs is 5. The molecule has 0 saturated carbocycles. The molecule has 0 N–H and O–H groups in total. The molecule has 1 heterocycles. The van der Waals surface area contributed by atoms with E-state index in [9.17, 15) is 4.39 Å². The molecule has 2 aliphatic rings. The van der Waals surface area contributed by atoms with E-state index in [1.165, 1.54) is 16.7 Å². The maximum Gasteiger partial charge on any atom is 0.123 e. The van der Waals surface area contributed by atoms with E-state index in [4.69, 9.17) is 4.74 Å². The van der Waals surface area contributed by atoms with Crippen LogP contribution in [-0.2, 0) is 4.74 Å². The number of rotatable bonds is 0. The molecule has 1 fully saturated rings. The van der Waals surface area contributed by atoms with Crippen LogP contribution in [0.15, 0.2) is 42.5 Å². The Morgan fingerprint density at radius 2 is 1.75 bits per heavy atom. The van der Waals surface area contributed by atoms with Gasteiger partial charge in [-0.2, -0.15) is 0 Å². The highest BCUT2D eigenvalue weighted by Crippen LogP contribution is 2.50. The van der Waals surface area contributed by atoms with E-state index in [0.29, 0.717) is 5.92 Å². The standard InChI is InChI=1S/C18H17FO/c1-11-13-4-2-3-5-15(13)16-8-9-20-18(16)17-10-12(19)6-7-14(11)17/h2-7,10-11,16,18H,8-9H2,1H3/t11-,16+,18+/m0/s1. The Bertz CT molecular complexity index is 664. The van der Waals surface area contributed by atoms with Gasteiger partial charge in [0.2, 0.25) is 0 Å². The molecular formula is C18H17FO. The van der Waals surface area contributed by atoms with E-state index in [1.54, 1.807) is 12.1 Å². The summed E-state index contributed by atoms with van der Waals surface area (Å²) in [5.74, 6) is 0.476. The van der Waals surface area contributed by atoms with Crippen molar-refractivity contribution in [2.24, 2.45) is 0 Å². The van der Waals surface area contributed by atoms with Gasteiger partial charge in [0.05, 0.1) is 6.10 Å². The number of hydrogen-bond acceptors (Lipinski definition) is 1. The van der Waals surface area contributed by atoms with E-state index < -0.39 is 0 Å². The van der Waals surface area contributed by atoms with Crippen molar-refractivity contribution in [1.29, 1.82) is 0 Å². The summed E-state index contributed by atoms with van der Waals surface area (Å²) < 4.78 is 19.6. The second kappa shape index (κ2) is 4.42. The van der Waals surface area contributed by atoms with Crippen molar-refractivity contribution in [3.8, 4) is 0 Å². The third-order valence-electron chi connectivity index (χ3n) is 4.78. The van der Waals surface area contributed by atoms with Gasteiger partial charge < -0.3 is 4.74 Å². The van der Waals surface area contributed by atoms with Crippen molar-refractivity contribution in [2.75, 3.05) is 6.61 Å². The second-order valence-corrected chi connectivity index (χ2v) is 5.81. The summed E-state index contributed by atoms with van der Waals surface area (Å²) in [7, 11) is 0. The molecule has 0 unspecified atom stereocenters. The number of halogens is 1. The van der Waals surface area contributed by atoms with E-state index in [0.717, 1.165) is 18.6 Å². The summed E-state index contributed by atoms with van der Waals surface area (Å²) in [6.45, 7) is 2.96. The van der Waals surface area contributed by atoms with Gasteiger partial charge >= 0.3 is 0 Å². The smallest absolute Gasteiger partial charge is 0.123 e. The first kappa shape index (κ1) is 12.1. The van der Waals surface area contributed by atoms with Crippen LogP contribution in [0.2, 0.25) is 0 Å². The lowest BCUT2D eigenvalue weighted by Crippen LogP contribution is -2.06. The maximum atomic E-state index is 13.7. The fourth-order valence-electron chi connectivity index (χ4n) is 3.81. The molecule has 102 valence electrons. The molecule has 1 nitrogen and oxygen atoms in total. The molecule has 1 saturated heterocycles. The largest absolute Gasteiger partial charge is 0.373 e. The van der Waals surface area contributed by atoms with E-state index in [2.05, 4.69) is 31.2 Å². The molecule has 0 radical (unpaired) electrons. The molecule has 4 rings (SSSR count). The molecule has 2 aromatic carbocycles. The summed E-state index contributed by atoms with van der Waals surface area (Å²) in [6, 6.07) is 13.8. The van der Waals surface area contributed by atoms with E-state index in [-0.39, 0.29) is 17.8 Å². The van der Waals surface area contributed by atoms with Crippen LogP contribution in [-0.4, -0.2) is 6.61 Å². The van der Waals surface area contributed by atoms with Crippen molar-refractivity contribution < 1.29 is 9.13 Å². The maximum absolute atomic E-state index is 13.7. The molecule has 2 heteroatoms. The van der Waals surface area contributed by atoms with Crippen molar-refractivity contribution in [1.82, 2.24) is 0 Å². The van der Waals surface area contributed by atoms with Crippen LogP contribution in [0.5, 0.6) is 0 Å². The Morgan fingerprint density at radius 1 is 1.00 bits per heavy atom. The van der Waals surface area contributed by atoms with Crippen LogP contribution < -0.4 is 0 Å². The average molecular weight is 268 g/mol. The van der Waals surface area contributed by atoms with Gasteiger partial charge in [-0.15, -0.1) is 0 Å². The lowest BCUT2D eigenvalue weighted by molar-refractivity contribution is 0.104. The summed E-state index contributed by atoms with van der Waals surface area (Å²) in [6.07, 6.45) is 1.02. The van der Waals surface area contributed by atoms with Crippen LogP contribution in [0, 0.1) is 5.82 Å². The fourth-order valence-corrected chi connectivity index (χ4v) is 3.81. The van der Waals surface area contributed by atoms with Gasteiger partial charge in [0.15, 0.2) is 0 Å². The normalized spacial score (nSPS) is 27.4. The van der Waals surface area contributed by atoms with Crippen molar-refractivity contribution >= 4 is 0 Å². The first-order chi connectivity index (χ1) is 9.75. The Balaban J connectivity index is 2.00. The Labute approximate surface area is 118 Å². The first-order valence-corrected chi connectivity index (χ1v) is 7.25. The predicted molar refractivity (Wildman–Crippen MR) is 76.4 cm³/mol. The Kier molecular flexibility index (Phi) is 2.67. The van der Waals surface area contributed by atoms with Crippen LogP contribution in [0.3, 0.4) is 0 Å². The van der Waals surface area contributed by atoms with E-state index in [1.807, 2.05) is 6.07 Å². The zero-order chi connectivity index (χ0) is 13.7. The van der Waals surface area contributed by atoms with Gasteiger partial charge in [-0.25, -0.2) is 4.39 Å². The Hall–Kier alpha value is -1.67. The molecule has 1 aliphatic heterocycles. The molecule has 1 aliphatic carbocycles. The Morgan fingerprint density at radius 3 is 2.60 bits per heavy atom. The SMILES string of the molecule is C[C@H]1c2ccccc2[C@H]2CCO[C@H]2c2cc(F)ccc21. The topological polar surface area (TPSA) is 9.23 Å². The van der Waals surface area contributed by atoms with Gasteiger partial charge in [0, 0.05) is 18.4 Å². The van der Waals surface area contributed by atoms with Gasteiger partial charge in [0.1, 0.15) is 5.82 Å². The molecule has 0 aromatic heterocycles. The monoisotopic (exact) mass is 268 g/mol. The van der Waals surface area contributed by atoms with Crippen molar-refractivity contribution in [2.45, 2.75) is 31.3 Å². The van der Waals surface area contributed by atoms with Crippen LogP contribution in [0.4, 0.5) is 4.39 Å². The third-order valence-corrected chi connectivity index (χ3v) is 4.78. The van der Waals surface area contributed by atoms with Gasteiger partial charge in [-0.05, 0) is 40.8 Å². The minimum Gasteiger partial charge on any atom is -0.373 e. The van der Waals surface area contributed by atoms with E-state index >= 15 is 0 Å². The number of benzene rings is 2. The summed E-state index contributed by atoms with van der Waals surface area (Å²) >= 11 is 0. The highest BCUT2D eigenvalue weighted by atomic mass is 19.1. The summed E-state index contributed by atoms with van der Waals surface area (Å²) in [4.78, 5) is 0. The predicted octanol–water partition coefficient (Wildman–Crippen LogP) is 4.54. The molecular weight excluding hydrogens is 251 g/mol. The van der Waals surface area contributed by atoms with Gasteiger partial charge in [-0.1, -0.05) is 37.3 Å². The van der Waals surface area contributed by atoms with Gasteiger partial charge in [0.25, 0.3) is 0 Å². The highest BCUT2D eigenvalue weighted by Gasteiger charge is 2.38. The van der Waals surface area contributed by atoms with Crippen LogP contribution in [0.25, 0.3) is 0 Å². The lowest BCUT2D eigenvalue weighted by Gasteiger charge is -2.19. The van der Waals surface area contributed by atoms with Crippen molar-refractivity contribution in [3.05, 3.63) is 70.5 Å². The molecule has 3 atom stereocenters. The highest BCUT2D eigenvalue weighted by molar-refractivity contribution is 5.48. The molecule has 0 amide bonds. The van der Waals surface area contributed by atoms with Crippen LogP contribution >= 0.6 is 0 Å². The van der Waals surface area contributed by atoms with Crippen molar-refractivity contribution in [3.63, 3.8) is 0 Å². The fraction of sp³-hybridized carbons (Fsp3) is 0.333. The number of hydrogen-bond donors (Lipinski definition) is 0. The second-order valence-electron chi connectivity index (χ2n) is 5.81. The molecule has 0 spiro atoms. The summed E-state index contributed by atoms with van der Waals surface area (Å²) in [5, 5.41) is 0. The van der Waals surface area contributed by atoms with Gasteiger partial charge in [-0.3, -0.25) is 0 Å². The zero-order valence-electron chi connectivity index (χ0n) is 11.5. The quantitative estimate of drug-likeness (QED) is 0.681. The molecule has 0 bridgehead atoms. The molecule has 20 heavy (non-hydrogen) atoms. The minimum atomic E-state index is -0.170. The minimum absolute atomic E-state index is 0.00630. The summed E-state index contributed by atoms with van der Waals surface area (Å²) in [5.41, 5.74) is 4.97. The zero-order valence-corrected chi connectivity index (χ0v) is 11.5. The molecule has 2 aromatic rings. The average Bonchev–Trinajstić information content (AvgIpc) is 2.92. The third kappa shape index (κ3) is 1.64. The first-order valence-electron chi connectivity index (χ1n) is 7.25. The van der Waals surface area contributed by atoms with Crippen LogP contribution in [0.1, 0.15) is 53.5 Å². The number of ether oxygens (including phenoxy) is 1. The lowest BCUT2D eigenvalue weighted by atomic mass is 9.87.